The molecular weight excluding hydrogens is 504 g/mol. The maximum Gasteiger partial charge on any atom is 0.313 e. The Labute approximate surface area is 189 Å². The van der Waals surface area contributed by atoms with Gasteiger partial charge in [0.15, 0.2) is 11.5 Å². The van der Waals surface area contributed by atoms with Gasteiger partial charge in [0.1, 0.15) is 16.7 Å². The molecule has 1 unspecified atom stereocenters. The molecule has 32 heavy (non-hydrogen) atoms. The van der Waals surface area contributed by atoms with Crippen molar-refractivity contribution in [1.29, 1.82) is 5.26 Å². The van der Waals surface area contributed by atoms with E-state index in [9.17, 15) is 29.5 Å². The molecule has 0 fully saturated rings. The van der Waals surface area contributed by atoms with Gasteiger partial charge < -0.3 is 9.64 Å². The minimum atomic E-state index is -10.1. The van der Waals surface area contributed by atoms with E-state index in [4.69, 9.17) is 23.2 Å². The first kappa shape index (κ1) is 25.7. The Bertz CT molecular complexity index is 1140. The number of nitrogens with zero attached hydrogens (tertiary/aromatic N) is 5. The van der Waals surface area contributed by atoms with Crippen molar-refractivity contribution < 1.29 is 29.0 Å². The molecule has 0 N–H and O–H groups in total. The lowest BCUT2D eigenvalue weighted by atomic mass is 10.0. The molecule has 0 aliphatic carbocycles. The van der Waals surface area contributed by atoms with Gasteiger partial charge in [-0.15, -0.1) is 0 Å². The number of nitriles is 1. The van der Waals surface area contributed by atoms with Crippen LogP contribution in [-0.4, -0.2) is 48.2 Å². The number of carbonyl (C=O) groups is 1. The second-order valence-electron chi connectivity index (χ2n) is 6.77. The average Bonchev–Trinajstić information content (AvgIpc) is 3.00. The van der Waals surface area contributed by atoms with Crippen LogP contribution in [0.3, 0.4) is 0 Å². The van der Waals surface area contributed by atoms with Crippen molar-refractivity contribution in [3.63, 3.8) is 0 Å². The predicted octanol–water partition coefficient (Wildman–Crippen LogP) is 6.21. The Morgan fingerprint density at radius 2 is 1.81 bits per heavy atom. The first-order valence-electron chi connectivity index (χ1n) is 8.46. The molecule has 0 aliphatic rings. The third-order valence-corrected chi connectivity index (χ3v) is 5.75. The molecule has 0 amide bonds. The monoisotopic (exact) mass is 519 g/mol. The maximum atomic E-state index is 13.2. The van der Waals surface area contributed by atoms with Crippen molar-refractivity contribution in [3.8, 4) is 11.8 Å². The largest absolute Gasteiger partial charge is 0.469 e. The Morgan fingerprint density at radius 1 is 1.28 bits per heavy atom. The van der Waals surface area contributed by atoms with E-state index in [-0.39, 0.29) is 29.2 Å². The fourth-order valence-electron chi connectivity index (χ4n) is 2.61. The Hall–Kier alpha value is -2.56. The van der Waals surface area contributed by atoms with Crippen molar-refractivity contribution in [3.05, 3.63) is 33.4 Å². The van der Waals surface area contributed by atoms with Crippen LogP contribution in [0.1, 0.15) is 24.1 Å². The summed E-state index contributed by atoms with van der Waals surface area (Å²) in [6.07, 6.45) is 1.26. The first-order valence-corrected chi connectivity index (χ1v) is 11.2. The molecule has 0 aliphatic heterocycles. The number of methoxy groups -OCH3 is 1. The number of carbonyl (C=O) groups excluding carboxylic acids is 1. The smallest absolute Gasteiger partial charge is 0.313 e. The van der Waals surface area contributed by atoms with E-state index in [1.54, 1.807) is 20.2 Å². The van der Waals surface area contributed by atoms with Crippen molar-refractivity contribution in [1.82, 2.24) is 14.7 Å². The Kier molecular flexibility index (Phi) is 6.25. The number of hydrogen-bond acceptors (Lipinski definition) is 5. The van der Waals surface area contributed by atoms with E-state index in [1.807, 2.05) is 0 Å². The number of rotatable bonds is 6. The molecule has 0 saturated carbocycles. The van der Waals surface area contributed by atoms with E-state index in [0.717, 1.165) is 11.8 Å². The molecule has 15 heteroatoms. The summed E-state index contributed by atoms with van der Waals surface area (Å²) in [4.78, 5) is 15.4. The molecule has 2 aromatic rings. The molecule has 176 valence electrons. The van der Waals surface area contributed by atoms with E-state index in [2.05, 4.69) is 14.8 Å². The van der Waals surface area contributed by atoms with E-state index < -0.39 is 42.7 Å². The van der Waals surface area contributed by atoms with Crippen molar-refractivity contribution in [2.75, 3.05) is 21.2 Å². The van der Waals surface area contributed by atoms with Gasteiger partial charge in [0.25, 0.3) is 0 Å². The quantitative estimate of drug-likeness (QED) is 0.196. The minimum Gasteiger partial charge on any atom is -0.469 e. The van der Waals surface area contributed by atoms with Crippen LogP contribution in [0.5, 0.6) is 0 Å². The maximum absolute atomic E-state index is 13.2. The molecule has 1 aromatic carbocycles. The summed E-state index contributed by atoms with van der Waals surface area (Å²) < 4.78 is 71.6. The zero-order valence-corrected chi connectivity index (χ0v) is 19.2. The molecular formula is C17H16Cl2F5N5O2S. The number of aliphatic imine (C=N–C) groups is 1. The average molecular weight is 520 g/mol. The van der Waals surface area contributed by atoms with Gasteiger partial charge in [0.05, 0.1) is 29.4 Å². The highest BCUT2D eigenvalue weighted by molar-refractivity contribution is 8.45. The van der Waals surface area contributed by atoms with Crippen LogP contribution in [0, 0.1) is 11.3 Å². The fourth-order valence-corrected chi connectivity index (χ4v) is 4.07. The number of benzene rings is 1. The van der Waals surface area contributed by atoms with Crippen molar-refractivity contribution >= 4 is 51.6 Å². The summed E-state index contributed by atoms with van der Waals surface area (Å²) in [6.45, 7) is 1.39. The van der Waals surface area contributed by atoms with Gasteiger partial charge in [-0.2, -0.15) is 10.4 Å². The van der Waals surface area contributed by atoms with Crippen LogP contribution in [-0.2, 0) is 9.53 Å². The third-order valence-electron chi connectivity index (χ3n) is 4.05. The van der Waals surface area contributed by atoms with Crippen LogP contribution in [0.4, 0.5) is 25.2 Å². The van der Waals surface area contributed by atoms with Crippen LogP contribution in [0.2, 0.25) is 10.0 Å². The van der Waals surface area contributed by atoms with E-state index >= 15 is 0 Å². The first-order chi connectivity index (χ1) is 14.4. The summed E-state index contributed by atoms with van der Waals surface area (Å²) in [5.41, 5.74) is -0.788. The van der Waals surface area contributed by atoms with E-state index in [0.29, 0.717) is 0 Å². The molecule has 1 aromatic heterocycles. The zero-order chi connectivity index (χ0) is 24.7. The highest BCUT2D eigenvalue weighted by Crippen LogP contribution is 3.02. The summed E-state index contributed by atoms with van der Waals surface area (Å²) in [6, 6.07) is 1.78. The summed E-state index contributed by atoms with van der Waals surface area (Å²) >= 11 is 11.8. The molecule has 7 nitrogen and oxygen atoms in total. The standard InChI is InChI=1S/C17H16Cl2F5N5O2S/c1-9(17(30)31-4)14-13(7-25)27-29(16(14)26-8-28(2)3)15-11(18)5-10(6-12(15)19)32(20,21,22,23)24/h5-6,8-9H,1-4H3/b26-8+. The fraction of sp³-hybridized carbons (Fsp3) is 0.294. The zero-order valence-electron chi connectivity index (χ0n) is 16.9. The molecule has 0 saturated heterocycles. The SMILES string of the molecule is COC(=O)C(C)c1c(C#N)nn(-c2c(Cl)cc(S(F)(F)(F)(F)F)cc2Cl)c1/N=C/N(C)C. The molecule has 0 spiro atoms. The number of ether oxygens (including phenoxy) is 1. The predicted molar refractivity (Wildman–Crippen MR) is 112 cm³/mol. The van der Waals surface area contributed by atoms with Gasteiger partial charge in [-0.3, -0.25) is 4.79 Å². The molecule has 0 radical (unpaired) electrons. The van der Waals surface area contributed by atoms with Crippen molar-refractivity contribution in [2.45, 2.75) is 17.7 Å². The lowest BCUT2D eigenvalue weighted by molar-refractivity contribution is -0.142. The molecule has 1 atom stereocenters. The molecule has 2 rings (SSSR count). The lowest BCUT2D eigenvalue weighted by Crippen LogP contribution is -2.12. The summed E-state index contributed by atoms with van der Waals surface area (Å²) in [5, 5.41) is 11.8. The Balaban J connectivity index is 2.91. The third kappa shape index (κ3) is 5.25. The number of esters is 1. The topological polar surface area (TPSA) is 83.5 Å². The number of halogens is 7. The number of hydrogen-bond donors (Lipinski definition) is 0. The molecule has 0 bridgehead atoms. The van der Waals surface area contributed by atoms with Crippen LogP contribution in [0.25, 0.3) is 5.69 Å². The minimum absolute atomic E-state index is 0.0148. The lowest BCUT2D eigenvalue weighted by Gasteiger charge is -2.40. The second kappa shape index (κ2) is 7.79. The van der Waals surface area contributed by atoms with E-state index in [1.165, 1.54) is 18.2 Å². The van der Waals surface area contributed by atoms with Gasteiger partial charge in [-0.1, -0.05) is 42.6 Å². The highest BCUT2D eigenvalue weighted by atomic mass is 35.5. The van der Waals surface area contributed by atoms with Crippen LogP contribution < -0.4 is 0 Å². The van der Waals surface area contributed by atoms with Gasteiger partial charge in [-0.25, -0.2) is 9.67 Å². The summed E-state index contributed by atoms with van der Waals surface area (Å²) in [5.74, 6) is -2.01. The highest BCUT2D eigenvalue weighted by Gasteiger charge is 2.65. The van der Waals surface area contributed by atoms with Crippen LogP contribution >= 0.6 is 33.4 Å². The van der Waals surface area contributed by atoms with Crippen molar-refractivity contribution in [2.24, 2.45) is 4.99 Å². The van der Waals surface area contributed by atoms with Gasteiger partial charge in [-0.05, 0) is 19.1 Å². The van der Waals surface area contributed by atoms with Gasteiger partial charge in [0.2, 0.25) is 0 Å². The van der Waals surface area contributed by atoms with Gasteiger partial charge in [0, 0.05) is 19.7 Å². The molecule has 1 heterocycles. The second-order valence-corrected chi connectivity index (χ2v) is 9.99. The normalized spacial score (nSPS) is 15.1. The Morgan fingerprint density at radius 3 is 2.22 bits per heavy atom. The summed E-state index contributed by atoms with van der Waals surface area (Å²) in [7, 11) is -5.77. The number of aromatic nitrogens is 2. The van der Waals surface area contributed by atoms with Gasteiger partial charge >= 0.3 is 16.2 Å². The van der Waals surface area contributed by atoms with Crippen LogP contribution in [0.15, 0.2) is 22.0 Å².